The minimum atomic E-state index is -0.0579. The Morgan fingerprint density at radius 3 is 2.94 bits per heavy atom. The SMILES string of the molecule is O=C(NCCc1c[nH]c2ccccc12)[C@H]1CCCN(c2nnc(N3CCCC3=O)s2)C1. The zero-order valence-corrected chi connectivity index (χ0v) is 18.2. The number of benzene rings is 1. The summed E-state index contributed by atoms with van der Waals surface area (Å²) < 4.78 is 0. The van der Waals surface area contributed by atoms with Crippen molar-refractivity contribution in [3.63, 3.8) is 0 Å². The Morgan fingerprint density at radius 2 is 2.06 bits per heavy atom. The van der Waals surface area contributed by atoms with E-state index in [9.17, 15) is 9.59 Å². The van der Waals surface area contributed by atoms with Crippen molar-refractivity contribution >= 4 is 44.3 Å². The molecule has 9 heteroatoms. The van der Waals surface area contributed by atoms with E-state index in [1.165, 1.54) is 22.3 Å². The van der Waals surface area contributed by atoms with E-state index in [4.69, 9.17) is 0 Å². The van der Waals surface area contributed by atoms with Crippen molar-refractivity contribution in [1.82, 2.24) is 20.5 Å². The molecule has 2 aliphatic heterocycles. The summed E-state index contributed by atoms with van der Waals surface area (Å²) in [7, 11) is 0. The van der Waals surface area contributed by atoms with Crippen LogP contribution in [-0.4, -0.2) is 53.2 Å². The smallest absolute Gasteiger partial charge is 0.228 e. The fourth-order valence-electron chi connectivity index (χ4n) is 4.46. The molecular formula is C22H26N6O2S. The van der Waals surface area contributed by atoms with E-state index in [2.05, 4.69) is 37.5 Å². The summed E-state index contributed by atoms with van der Waals surface area (Å²) in [5.41, 5.74) is 2.35. The van der Waals surface area contributed by atoms with Crippen molar-refractivity contribution in [2.24, 2.45) is 5.92 Å². The average molecular weight is 439 g/mol. The zero-order valence-electron chi connectivity index (χ0n) is 17.3. The number of aromatic nitrogens is 3. The summed E-state index contributed by atoms with van der Waals surface area (Å²) in [5, 5.41) is 14.3. The van der Waals surface area contributed by atoms with E-state index in [-0.39, 0.29) is 17.7 Å². The monoisotopic (exact) mass is 438 g/mol. The Kier molecular flexibility index (Phi) is 5.59. The third-order valence-corrected chi connectivity index (χ3v) is 7.15. The van der Waals surface area contributed by atoms with Crippen molar-refractivity contribution in [3.8, 4) is 0 Å². The van der Waals surface area contributed by atoms with Gasteiger partial charge < -0.3 is 15.2 Å². The molecule has 0 bridgehead atoms. The number of fused-ring (bicyclic) bond motifs is 1. The second-order valence-electron chi connectivity index (χ2n) is 8.20. The van der Waals surface area contributed by atoms with Gasteiger partial charge in [-0.2, -0.15) is 0 Å². The van der Waals surface area contributed by atoms with Crippen LogP contribution in [0.5, 0.6) is 0 Å². The van der Waals surface area contributed by atoms with Gasteiger partial charge >= 0.3 is 0 Å². The summed E-state index contributed by atoms with van der Waals surface area (Å²) in [6.45, 7) is 2.84. The van der Waals surface area contributed by atoms with Gasteiger partial charge in [0.05, 0.1) is 5.92 Å². The Labute approximate surface area is 184 Å². The summed E-state index contributed by atoms with van der Waals surface area (Å²) in [6.07, 6.45) is 6.11. The number of piperidine rings is 1. The van der Waals surface area contributed by atoms with Gasteiger partial charge in [-0.3, -0.25) is 14.5 Å². The number of amides is 2. The van der Waals surface area contributed by atoms with Gasteiger partial charge in [-0.1, -0.05) is 29.5 Å². The molecule has 2 fully saturated rings. The minimum Gasteiger partial charge on any atom is -0.361 e. The molecule has 162 valence electrons. The van der Waals surface area contributed by atoms with Crippen molar-refractivity contribution in [2.75, 3.05) is 36.0 Å². The average Bonchev–Trinajstić information content (AvgIpc) is 3.53. The highest BCUT2D eigenvalue weighted by Crippen LogP contribution is 2.32. The molecule has 8 nitrogen and oxygen atoms in total. The molecule has 2 aliphatic rings. The maximum absolute atomic E-state index is 12.8. The largest absolute Gasteiger partial charge is 0.361 e. The highest BCUT2D eigenvalue weighted by atomic mass is 32.1. The molecule has 5 rings (SSSR count). The summed E-state index contributed by atoms with van der Waals surface area (Å²) >= 11 is 1.44. The van der Waals surface area contributed by atoms with Gasteiger partial charge in [-0.25, -0.2) is 0 Å². The molecule has 2 aromatic heterocycles. The van der Waals surface area contributed by atoms with E-state index in [1.807, 2.05) is 18.3 Å². The van der Waals surface area contributed by atoms with Crippen LogP contribution >= 0.6 is 11.3 Å². The Balaban J connectivity index is 1.16. The van der Waals surface area contributed by atoms with Crippen molar-refractivity contribution in [2.45, 2.75) is 32.1 Å². The highest BCUT2D eigenvalue weighted by molar-refractivity contribution is 7.19. The van der Waals surface area contributed by atoms with Crippen LogP contribution in [0.25, 0.3) is 10.9 Å². The fourth-order valence-corrected chi connectivity index (χ4v) is 5.39. The molecule has 2 saturated heterocycles. The number of nitrogens with zero attached hydrogens (tertiary/aromatic N) is 4. The van der Waals surface area contributed by atoms with Crippen molar-refractivity contribution in [1.29, 1.82) is 0 Å². The van der Waals surface area contributed by atoms with E-state index in [0.717, 1.165) is 49.4 Å². The fraction of sp³-hybridized carbons (Fsp3) is 0.455. The van der Waals surface area contributed by atoms with Crippen LogP contribution in [0, 0.1) is 5.92 Å². The number of hydrogen-bond donors (Lipinski definition) is 2. The van der Waals surface area contributed by atoms with Gasteiger partial charge in [-0.15, -0.1) is 10.2 Å². The van der Waals surface area contributed by atoms with E-state index in [0.29, 0.717) is 24.6 Å². The van der Waals surface area contributed by atoms with E-state index >= 15 is 0 Å². The molecule has 0 radical (unpaired) electrons. The lowest BCUT2D eigenvalue weighted by molar-refractivity contribution is -0.125. The molecule has 1 atom stereocenters. The van der Waals surface area contributed by atoms with Gasteiger partial charge in [0.2, 0.25) is 22.1 Å². The summed E-state index contributed by atoms with van der Waals surface area (Å²) in [6, 6.07) is 8.22. The lowest BCUT2D eigenvalue weighted by atomic mass is 9.97. The van der Waals surface area contributed by atoms with Crippen LogP contribution < -0.4 is 15.1 Å². The normalized spacial score (nSPS) is 19.4. The minimum absolute atomic E-state index is 0.0579. The summed E-state index contributed by atoms with van der Waals surface area (Å²) in [4.78, 5) is 31.9. The molecule has 1 aromatic carbocycles. The molecule has 0 unspecified atom stereocenters. The lowest BCUT2D eigenvalue weighted by Crippen LogP contribution is -2.43. The topological polar surface area (TPSA) is 94.2 Å². The second-order valence-corrected chi connectivity index (χ2v) is 9.14. The van der Waals surface area contributed by atoms with Crippen LogP contribution in [0.15, 0.2) is 30.5 Å². The number of H-pyrrole nitrogens is 1. The Hall–Kier alpha value is -2.94. The van der Waals surface area contributed by atoms with Crippen LogP contribution in [0.3, 0.4) is 0 Å². The predicted molar refractivity (Wildman–Crippen MR) is 121 cm³/mol. The first-order valence-corrected chi connectivity index (χ1v) is 11.7. The third-order valence-electron chi connectivity index (χ3n) is 6.14. The number of nitrogens with one attached hydrogen (secondary N) is 2. The van der Waals surface area contributed by atoms with Gasteiger partial charge in [-0.05, 0) is 37.3 Å². The van der Waals surface area contributed by atoms with E-state index in [1.54, 1.807) is 4.90 Å². The number of carbonyl (C=O) groups excluding carboxylic acids is 2. The number of anilines is 2. The molecule has 4 heterocycles. The molecule has 0 saturated carbocycles. The van der Waals surface area contributed by atoms with Gasteiger partial charge in [0, 0.05) is 49.7 Å². The Morgan fingerprint density at radius 1 is 1.19 bits per heavy atom. The zero-order chi connectivity index (χ0) is 21.2. The second kappa shape index (κ2) is 8.66. The molecule has 0 aliphatic carbocycles. The predicted octanol–water partition coefficient (Wildman–Crippen LogP) is 2.72. The van der Waals surface area contributed by atoms with Crippen LogP contribution in [0.4, 0.5) is 10.3 Å². The van der Waals surface area contributed by atoms with Gasteiger partial charge in [0.1, 0.15) is 0 Å². The first-order chi connectivity index (χ1) is 15.2. The summed E-state index contributed by atoms with van der Waals surface area (Å²) in [5.74, 6) is 0.162. The standard InChI is InChI=1S/C22H26N6O2S/c29-19-8-4-12-28(19)22-26-25-21(31-22)27-11-3-5-16(14-27)20(30)23-10-9-15-13-24-18-7-2-1-6-17(15)18/h1-2,6-7,13,16,24H,3-5,8-12,14H2,(H,23,30)/t16-/m0/s1. The number of para-hydroxylation sites is 1. The first kappa shape index (κ1) is 20.0. The maximum Gasteiger partial charge on any atom is 0.228 e. The highest BCUT2D eigenvalue weighted by Gasteiger charge is 2.30. The van der Waals surface area contributed by atoms with Gasteiger partial charge in [0.15, 0.2) is 0 Å². The molecular weight excluding hydrogens is 412 g/mol. The Bertz CT molecular complexity index is 1090. The van der Waals surface area contributed by atoms with Crippen LogP contribution in [0.1, 0.15) is 31.2 Å². The molecule has 2 N–H and O–H groups in total. The quantitative estimate of drug-likeness (QED) is 0.617. The number of hydrogen-bond acceptors (Lipinski definition) is 6. The van der Waals surface area contributed by atoms with Gasteiger partial charge in [0.25, 0.3) is 0 Å². The number of carbonyl (C=O) groups is 2. The maximum atomic E-state index is 12.8. The van der Waals surface area contributed by atoms with Crippen LogP contribution in [0.2, 0.25) is 0 Å². The van der Waals surface area contributed by atoms with E-state index < -0.39 is 0 Å². The molecule has 0 spiro atoms. The molecule has 3 aromatic rings. The van der Waals surface area contributed by atoms with Crippen molar-refractivity contribution in [3.05, 3.63) is 36.0 Å². The first-order valence-electron chi connectivity index (χ1n) is 10.9. The lowest BCUT2D eigenvalue weighted by Gasteiger charge is -2.31. The van der Waals surface area contributed by atoms with Crippen LogP contribution in [-0.2, 0) is 16.0 Å². The molecule has 31 heavy (non-hydrogen) atoms. The third kappa shape index (κ3) is 4.14. The number of rotatable bonds is 6. The number of aromatic amines is 1. The van der Waals surface area contributed by atoms with Crippen molar-refractivity contribution < 1.29 is 9.59 Å². The molecule has 2 amide bonds.